The van der Waals surface area contributed by atoms with Gasteiger partial charge in [0.15, 0.2) is 0 Å². The van der Waals surface area contributed by atoms with Crippen molar-refractivity contribution in [3.8, 4) is 5.75 Å². The Hall–Kier alpha value is -2.33. The zero-order chi connectivity index (χ0) is 16.8. The van der Waals surface area contributed by atoms with Crippen LogP contribution in [0.15, 0.2) is 48.5 Å². The zero-order valence-electron chi connectivity index (χ0n) is 14.1. The summed E-state index contributed by atoms with van der Waals surface area (Å²) in [6, 6.07) is 15.7. The minimum absolute atomic E-state index is 0.0879. The summed E-state index contributed by atoms with van der Waals surface area (Å²) in [5.41, 5.74) is 3.05. The predicted octanol–water partition coefficient (Wildman–Crippen LogP) is 3.22. The summed E-state index contributed by atoms with van der Waals surface area (Å²) in [5, 5.41) is 2.95. The molecule has 0 unspecified atom stereocenters. The van der Waals surface area contributed by atoms with Gasteiger partial charge in [-0.25, -0.2) is 0 Å². The number of hydrogen-bond donors (Lipinski definition) is 1. The number of likely N-dealkylation sites (tertiary alicyclic amines) is 1. The van der Waals surface area contributed by atoms with Crippen molar-refractivity contribution in [3.63, 3.8) is 0 Å². The fourth-order valence-electron chi connectivity index (χ4n) is 3.01. The molecule has 0 spiro atoms. The van der Waals surface area contributed by atoms with Gasteiger partial charge in [-0.2, -0.15) is 0 Å². The Balaban J connectivity index is 1.53. The van der Waals surface area contributed by atoms with Crippen LogP contribution < -0.4 is 10.1 Å². The second kappa shape index (κ2) is 7.97. The Kier molecular flexibility index (Phi) is 5.49. The molecule has 0 radical (unpaired) electrons. The molecule has 0 atom stereocenters. The van der Waals surface area contributed by atoms with Crippen LogP contribution in [0.3, 0.4) is 0 Å². The summed E-state index contributed by atoms with van der Waals surface area (Å²) in [6.45, 7) is 3.97. The standard InChI is InChI=1S/C20H24N2O2/c1-24-19-6-4-5-18(13-19)20(23)21-14-16-7-9-17(10-8-16)15-22-11-2-3-12-22/h4-10,13H,2-3,11-12,14-15H2,1H3,(H,21,23). The molecule has 3 rings (SSSR count). The van der Waals surface area contributed by atoms with E-state index in [1.54, 1.807) is 19.2 Å². The average Bonchev–Trinajstić information content (AvgIpc) is 3.14. The number of ether oxygens (including phenoxy) is 1. The lowest BCUT2D eigenvalue weighted by atomic mass is 10.1. The largest absolute Gasteiger partial charge is 0.497 e. The van der Waals surface area contributed by atoms with E-state index < -0.39 is 0 Å². The maximum atomic E-state index is 12.2. The van der Waals surface area contributed by atoms with Crippen LogP contribution in [0, 0.1) is 0 Å². The van der Waals surface area contributed by atoms with Crippen LogP contribution in [0.1, 0.15) is 34.3 Å². The zero-order valence-corrected chi connectivity index (χ0v) is 14.1. The molecule has 126 valence electrons. The molecular weight excluding hydrogens is 300 g/mol. The Morgan fingerprint density at radius 1 is 1.08 bits per heavy atom. The topological polar surface area (TPSA) is 41.6 Å². The second-order valence-electron chi connectivity index (χ2n) is 6.21. The number of benzene rings is 2. The Morgan fingerprint density at radius 3 is 2.50 bits per heavy atom. The Labute approximate surface area is 143 Å². The van der Waals surface area contributed by atoms with Crippen molar-refractivity contribution in [2.24, 2.45) is 0 Å². The van der Waals surface area contributed by atoms with E-state index in [-0.39, 0.29) is 5.91 Å². The first-order valence-corrected chi connectivity index (χ1v) is 8.47. The van der Waals surface area contributed by atoms with Crippen LogP contribution in [0.5, 0.6) is 5.75 Å². The van der Waals surface area contributed by atoms with Gasteiger partial charge in [0.1, 0.15) is 5.75 Å². The summed E-state index contributed by atoms with van der Waals surface area (Å²) in [6.07, 6.45) is 2.63. The number of nitrogens with zero attached hydrogens (tertiary/aromatic N) is 1. The van der Waals surface area contributed by atoms with Crippen molar-refractivity contribution in [3.05, 3.63) is 65.2 Å². The first-order valence-electron chi connectivity index (χ1n) is 8.47. The fourth-order valence-corrected chi connectivity index (χ4v) is 3.01. The van der Waals surface area contributed by atoms with Gasteiger partial charge in [0.25, 0.3) is 5.91 Å². The van der Waals surface area contributed by atoms with Crippen molar-refractivity contribution < 1.29 is 9.53 Å². The highest BCUT2D eigenvalue weighted by Crippen LogP contribution is 2.14. The van der Waals surface area contributed by atoms with Crippen LogP contribution in [0.4, 0.5) is 0 Å². The molecule has 0 bridgehead atoms. The Morgan fingerprint density at radius 2 is 1.79 bits per heavy atom. The number of methoxy groups -OCH3 is 1. The molecule has 1 aliphatic heterocycles. The molecule has 0 saturated carbocycles. The third-order valence-electron chi connectivity index (χ3n) is 4.41. The molecule has 1 amide bonds. The van der Waals surface area contributed by atoms with Gasteiger partial charge in [0.05, 0.1) is 7.11 Å². The number of carbonyl (C=O) groups excluding carboxylic acids is 1. The highest BCUT2D eigenvalue weighted by molar-refractivity contribution is 5.94. The lowest BCUT2D eigenvalue weighted by Gasteiger charge is -2.14. The Bertz CT molecular complexity index is 676. The molecule has 1 N–H and O–H groups in total. The highest BCUT2D eigenvalue weighted by atomic mass is 16.5. The molecule has 1 heterocycles. The lowest BCUT2D eigenvalue weighted by Crippen LogP contribution is -2.22. The van der Waals surface area contributed by atoms with Crippen molar-refractivity contribution in [2.75, 3.05) is 20.2 Å². The molecule has 0 aromatic heterocycles. The summed E-state index contributed by atoms with van der Waals surface area (Å²) in [4.78, 5) is 14.7. The smallest absolute Gasteiger partial charge is 0.251 e. The van der Waals surface area contributed by atoms with E-state index in [0.717, 1.165) is 12.1 Å². The second-order valence-corrected chi connectivity index (χ2v) is 6.21. The molecule has 1 aliphatic rings. The molecule has 2 aromatic carbocycles. The summed E-state index contributed by atoms with van der Waals surface area (Å²) in [5.74, 6) is 0.601. The van der Waals surface area contributed by atoms with Crippen LogP contribution in [0.25, 0.3) is 0 Å². The first kappa shape index (κ1) is 16.5. The van der Waals surface area contributed by atoms with E-state index in [9.17, 15) is 4.79 Å². The van der Waals surface area contributed by atoms with Gasteiger partial charge in [0.2, 0.25) is 0 Å². The van der Waals surface area contributed by atoms with Crippen molar-refractivity contribution >= 4 is 5.91 Å². The highest BCUT2D eigenvalue weighted by Gasteiger charge is 2.11. The number of nitrogens with one attached hydrogen (secondary N) is 1. The number of amides is 1. The third kappa shape index (κ3) is 4.36. The van der Waals surface area contributed by atoms with E-state index in [2.05, 4.69) is 34.5 Å². The van der Waals surface area contributed by atoms with Gasteiger partial charge >= 0.3 is 0 Å². The van der Waals surface area contributed by atoms with E-state index in [0.29, 0.717) is 17.9 Å². The molecule has 4 heteroatoms. The van der Waals surface area contributed by atoms with Gasteiger partial charge in [-0.1, -0.05) is 30.3 Å². The van der Waals surface area contributed by atoms with Gasteiger partial charge in [-0.15, -0.1) is 0 Å². The van der Waals surface area contributed by atoms with E-state index in [1.807, 2.05) is 12.1 Å². The molecule has 1 fully saturated rings. The van der Waals surface area contributed by atoms with E-state index in [1.165, 1.54) is 31.5 Å². The third-order valence-corrected chi connectivity index (χ3v) is 4.41. The SMILES string of the molecule is COc1cccc(C(=O)NCc2ccc(CN3CCCC3)cc2)c1. The summed E-state index contributed by atoms with van der Waals surface area (Å²) >= 11 is 0. The first-order chi connectivity index (χ1) is 11.7. The molecule has 1 saturated heterocycles. The predicted molar refractivity (Wildman–Crippen MR) is 95.1 cm³/mol. The molecule has 4 nitrogen and oxygen atoms in total. The number of carbonyl (C=O) groups is 1. The molecular formula is C20H24N2O2. The molecule has 2 aromatic rings. The number of rotatable bonds is 6. The van der Waals surface area contributed by atoms with E-state index >= 15 is 0 Å². The van der Waals surface area contributed by atoms with E-state index in [4.69, 9.17) is 4.74 Å². The normalized spacial score (nSPS) is 14.5. The summed E-state index contributed by atoms with van der Waals surface area (Å²) < 4.78 is 5.15. The minimum Gasteiger partial charge on any atom is -0.497 e. The van der Waals surface area contributed by atoms with Crippen LogP contribution in [-0.2, 0) is 13.1 Å². The van der Waals surface area contributed by atoms with Gasteiger partial charge in [0, 0.05) is 18.7 Å². The average molecular weight is 324 g/mol. The maximum Gasteiger partial charge on any atom is 0.251 e. The van der Waals surface area contributed by atoms with Crippen molar-refractivity contribution in [2.45, 2.75) is 25.9 Å². The molecule has 0 aliphatic carbocycles. The number of hydrogen-bond acceptors (Lipinski definition) is 3. The van der Waals surface area contributed by atoms with Crippen LogP contribution in [-0.4, -0.2) is 31.0 Å². The minimum atomic E-state index is -0.0879. The fraction of sp³-hybridized carbons (Fsp3) is 0.350. The quantitative estimate of drug-likeness (QED) is 0.887. The molecule has 24 heavy (non-hydrogen) atoms. The van der Waals surface area contributed by atoms with Crippen molar-refractivity contribution in [1.29, 1.82) is 0 Å². The monoisotopic (exact) mass is 324 g/mol. The summed E-state index contributed by atoms with van der Waals surface area (Å²) in [7, 11) is 1.60. The lowest BCUT2D eigenvalue weighted by molar-refractivity contribution is 0.0950. The van der Waals surface area contributed by atoms with Gasteiger partial charge in [-0.05, 0) is 55.3 Å². The van der Waals surface area contributed by atoms with Crippen LogP contribution >= 0.6 is 0 Å². The van der Waals surface area contributed by atoms with Gasteiger partial charge in [-0.3, -0.25) is 9.69 Å². The van der Waals surface area contributed by atoms with Crippen molar-refractivity contribution in [1.82, 2.24) is 10.2 Å². The van der Waals surface area contributed by atoms with Gasteiger partial charge < -0.3 is 10.1 Å². The van der Waals surface area contributed by atoms with Crippen LogP contribution in [0.2, 0.25) is 0 Å². The maximum absolute atomic E-state index is 12.2.